The van der Waals surface area contributed by atoms with Gasteiger partial charge in [0.15, 0.2) is 0 Å². The molecular formula is C27H33N3O4S2. The predicted octanol–water partition coefficient (Wildman–Crippen LogP) is 7.36. The number of alkyl carbamates (subject to hydrolysis) is 1. The maximum absolute atomic E-state index is 12.7. The highest BCUT2D eigenvalue weighted by Gasteiger charge is 2.22. The predicted molar refractivity (Wildman–Crippen MR) is 146 cm³/mol. The molecule has 192 valence electrons. The molecule has 9 heteroatoms. The minimum Gasteiger partial charge on any atom is -0.444 e. The molecule has 0 saturated carbocycles. The normalized spacial score (nSPS) is 11.6. The van der Waals surface area contributed by atoms with Crippen LogP contribution in [0, 0.1) is 0 Å². The van der Waals surface area contributed by atoms with Crippen LogP contribution in [0.25, 0.3) is 11.1 Å². The average Bonchev–Trinajstić information content (AvgIpc) is 3.22. The highest BCUT2D eigenvalue weighted by Crippen LogP contribution is 2.37. The van der Waals surface area contributed by atoms with E-state index in [9.17, 15) is 9.59 Å². The van der Waals surface area contributed by atoms with Crippen molar-refractivity contribution < 1.29 is 19.1 Å². The van der Waals surface area contributed by atoms with Crippen LogP contribution in [0.4, 0.5) is 15.3 Å². The van der Waals surface area contributed by atoms with E-state index in [1.54, 1.807) is 25.0 Å². The van der Waals surface area contributed by atoms with Crippen LogP contribution in [-0.4, -0.2) is 35.4 Å². The number of nitrogens with one attached hydrogen (secondary N) is 1. The van der Waals surface area contributed by atoms with Gasteiger partial charge in [0.2, 0.25) is 0 Å². The number of thiazole rings is 1. The van der Waals surface area contributed by atoms with E-state index in [-0.39, 0.29) is 6.54 Å². The molecule has 1 heterocycles. The minimum absolute atomic E-state index is 0.289. The molecule has 0 spiro atoms. The number of carbonyl (C=O) groups is 2. The van der Waals surface area contributed by atoms with Gasteiger partial charge in [0.1, 0.15) is 16.2 Å². The van der Waals surface area contributed by atoms with Gasteiger partial charge in [-0.15, -0.1) is 11.3 Å². The number of hydrogen-bond donors (Lipinski definition) is 1. The van der Waals surface area contributed by atoms with Gasteiger partial charge in [0.25, 0.3) is 0 Å². The van der Waals surface area contributed by atoms with Gasteiger partial charge in [0, 0.05) is 17.6 Å². The zero-order valence-corrected chi connectivity index (χ0v) is 23.4. The molecule has 0 bridgehead atoms. The quantitative estimate of drug-likeness (QED) is 0.361. The Morgan fingerprint density at radius 2 is 1.64 bits per heavy atom. The fourth-order valence-corrected chi connectivity index (χ4v) is 5.10. The SMILES string of the molecule is CN(C(=O)OC(C)(C)C)c1cc(Sc2cnc(CNC(=O)OC(C)(C)C)s2)cc(-c2ccccc2)c1. The lowest BCUT2D eigenvalue weighted by Crippen LogP contribution is -2.34. The Morgan fingerprint density at radius 3 is 2.28 bits per heavy atom. The van der Waals surface area contributed by atoms with Crippen LogP contribution in [0.15, 0.2) is 63.8 Å². The van der Waals surface area contributed by atoms with Gasteiger partial charge in [-0.2, -0.15) is 0 Å². The van der Waals surface area contributed by atoms with Gasteiger partial charge in [-0.1, -0.05) is 42.1 Å². The molecule has 0 radical (unpaired) electrons. The summed E-state index contributed by atoms with van der Waals surface area (Å²) in [5.41, 5.74) is 1.62. The molecule has 0 atom stereocenters. The highest BCUT2D eigenvalue weighted by molar-refractivity contribution is 8.01. The van der Waals surface area contributed by atoms with Crippen LogP contribution < -0.4 is 10.2 Å². The number of hydrogen-bond acceptors (Lipinski definition) is 7. The maximum Gasteiger partial charge on any atom is 0.414 e. The second kappa shape index (κ2) is 11.3. The van der Waals surface area contributed by atoms with Crippen molar-refractivity contribution in [3.8, 4) is 11.1 Å². The maximum atomic E-state index is 12.7. The van der Waals surface area contributed by atoms with Crippen LogP contribution in [0.5, 0.6) is 0 Å². The third-order valence-electron chi connectivity index (χ3n) is 4.59. The molecular weight excluding hydrogens is 494 g/mol. The highest BCUT2D eigenvalue weighted by atomic mass is 32.2. The van der Waals surface area contributed by atoms with Crippen molar-refractivity contribution in [2.45, 2.75) is 68.4 Å². The molecule has 3 aromatic rings. The third-order valence-corrected chi connectivity index (χ3v) is 6.66. The van der Waals surface area contributed by atoms with E-state index < -0.39 is 23.4 Å². The zero-order valence-electron chi connectivity index (χ0n) is 21.7. The summed E-state index contributed by atoms with van der Waals surface area (Å²) < 4.78 is 11.8. The first kappa shape index (κ1) is 27.5. The van der Waals surface area contributed by atoms with Gasteiger partial charge in [-0.3, -0.25) is 4.90 Å². The number of anilines is 1. The molecule has 0 aliphatic heterocycles. The van der Waals surface area contributed by atoms with Crippen molar-refractivity contribution in [3.05, 3.63) is 59.7 Å². The van der Waals surface area contributed by atoms with Crippen molar-refractivity contribution in [1.29, 1.82) is 0 Å². The summed E-state index contributed by atoms with van der Waals surface area (Å²) in [6.45, 7) is 11.3. The second-order valence-corrected chi connectivity index (χ2v) is 12.6. The van der Waals surface area contributed by atoms with Crippen LogP contribution in [0.3, 0.4) is 0 Å². The van der Waals surface area contributed by atoms with Gasteiger partial charge in [0.05, 0.1) is 17.0 Å². The summed E-state index contributed by atoms with van der Waals surface area (Å²) in [5.74, 6) is 0. The first-order valence-electron chi connectivity index (χ1n) is 11.6. The summed E-state index contributed by atoms with van der Waals surface area (Å²) in [6, 6.07) is 16.0. The fraction of sp³-hybridized carbons (Fsp3) is 0.370. The lowest BCUT2D eigenvalue weighted by Gasteiger charge is -2.25. The number of ether oxygens (including phenoxy) is 2. The number of nitrogens with zero attached hydrogens (tertiary/aromatic N) is 2. The lowest BCUT2D eigenvalue weighted by molar-refractivity contribution is 0.0521. The number of benzene rings is 2. The molecule has 1 aromatic heterocycles. The van der Waals surface area contributed by atoms with Crippen LogP contribution in [-0.2, 0) is 16.0 Å². The van der Waals surface area contributed by atoms with Crippen LogP contribution in [0.1, 0.15) is 46.6 Å². The molecule has 0 aliphatic carbocycles. The summed E-state index contributed by atoms with van der Waals surface area (Å²) in [4.78, 5) is 31.6. The minimum atomic E-state index is -0.591. The number of amides is 2. The van der Waals surface area contributed by atoms with Crippen LogP contribution in [0.2, 0.25) is 0 Å². The molecule has 3 rings (SSSR count). The molecule has 0 saturated heterocycles. The van der Waals surface area contributed by atoms with Gasteiger partial charge < -0.3 is 14.8 Å². The first-order chi connectivity index (χ1) is 16.8. The fourth-order valence-electron chi connectivity index (χ4n) is 3.07. The van der Waals surface area contributed by atoms with E-state index in [2.05, 4.69) is 16.4 Å². The van der Waals surface area contributed by atoms with Gasteiger partial charge in [-0.05, 0) is 70.9 Å². The Balaban J connectivity index is 1.81. The van der Waals surface area contributed by atoms with Crippen molar-refractivity contribution in [2.75, 3.05) is 11.9 Å². The Kier molecular flexibility index (Phi) is 8.68. The van der Waals surface area contributed by atoms with Gasteiger partial charge in [-0.25, -0.2) is 14.6 Å². The molecule has 2 amide bonds. The smallest absolute Gasteiger partial charge is 0.414 e. The summed E-state index contributed by atoms with van der Waals surface area (Å²) in [5, 5.41) is 3.51. The number of carbonyl (C=O) groups excluding carboxylic acids is 2. The van der Waals surface area contributed by atoms with E-state index in [1.165, 1.54) is 16.2 Å². The summed E-state index contributed by atoms with van der Waals surface area (Å²) in [6.07, 6.45) is 0.891. The van der Waals surface area contributed by atoms with Crippen molar-refractivity contribution >= 4 is 41.0 Å². The van der Waals surface area contributed by atoms with E-state index in [0.717, 1.165) is 30.9 Å². The van der Waals surface area contributed by atoms with Gasteiger partial charge >= 0.3 is 12.2 Å². The molecule has 0 aliphatic rings. The molecule has 0 fully saturated rings. The molecule has 36 heavy (non-hydrogen) atoms. The summed E-state index contributed by atoms with van der Waals surface area (Å²) in [7, 11) is 1.71. The summed E-state index contributed by atoms with van der Waals surface area (Å²) >= 11 is 3.05. The Hall–Kier alpha value is -3.04. The average molecular weight is 528 g/mol. The van der Waals surface area contributed by atoms with Crippen molar-refractivity contribution in [2.24, 2.45) is 0 Å². The van der Waals surface area contributed by atoms with Crippen LogP contribution >= 0.6 is 23.1 Å². The van der Waals surface area contributed by atoms with E-state index in [0.29, 0.717) is 0 Å². The molecule has 7 nitrogen and oxygen atoms in total. The first-order valence-corrected chi connectivity index (χ1v) is 13.2. The van der Waals surface area contributed by atoms with Crippen molar-refractivity contribution in [3.63, 3.8) is 0 Å². The third kappa shape index (κ3) is 8.57. The number of aromatic nitrogens is 1. The topological polar surface area (TPSA) is 80.8 Å². The lowest BCUT2D eigenvalue weighted by atomic mass is 10.1. The molecule has 0 unspecified atom stereocenters. The Morgan fingerprint density at radius 1 is 0.972 bits per heavy atom. The second-order valence-electron chi connectivity index (χ2n) is 10.2. The Bertz CT molecular complexity index is 1200. The van der Waals surface area contributed by atoms with E-state index in [4.69, 9.17) is 9.47 Å². The zero-order chi connectivity index (χ0) is 26.5. The van der Waals surface area contributed by atoms with Crippen molar-refractivity contribution in [1.82, 2.24) is 10.3 Å². The molecule has 1 N–H and O–H groups in total. The monoisotopic (exact) mass is 527 g/mol. The largest absolute Gasteiger partial charge is 0.444 e. The van der Waals surface area contributed by atoms with E-state index in [1.807, 2.05) is 84.0 Å². The molecule has 2 aromatic carbocycles. The Labute approximate surface area is 221 Å². The standard InChI is InChI=1S/C27H33N3O4S2/c1-26(2,3)33-24(31)29-16-22-28-17-23(36-22)35-21-14-19(18-11-9-8-10-12-18)13-20(15-21)30(7)25(32)34-27(4,5)6/h8-15,17H,16H2,1-7H3,(H,29,31). The van der Waals surface area contributed by atoms with E-state index >= 15 is 0 Å². The number of rotatable bonds is 6.